The fraction of sp³-hybridized carbons (Fsp3) is 0.316. The monoisotopic (exact) mass is 378 g/mol. The van der Waals surface area contributed by atoms with Gasteiger partial charge in [0.25, 0.3) is 5.91 Å². The summed E-state index contributed by atoms with van der Waals surface area (Å²) in [5.74, 6) is -0.0688. The first-order chi connectivity index (χ1) is 12.1. The molecule has 3 rings (SSSR count). The van der Waals surface area contributed by atoms with E-state index in [2.05, 4.69) is 10.2 Å². The smallest absolute Gasteiger partial charge is 0.251 e. The van der Waals surface area contributed by atoms with Gasteiger partial charge < -0.3 is 10.1 Å². The van der Waals surface area contributed by atoms with Gasteiger partial charge in [0.05, 0.1) is 29.3 Å². The Morgan fingerprint density at radius 1 is 1.16 bits per heavy atom. The van der Waals surface area contributed by atoms with Crippen molar-refractivity contribution in [3.63, 3.8) is 0 Å². The molecular formula is C19H20Cl2N2O2. The highest BCUT2D eigenvalue weighted by atomic mass is 35.5. The van der Waals surface area contributed by atoms with Crippen molar-refractivity contribution in [3.8, 4) is 0 Å². The molecule has 0 aliphatic carbocycles. The first-order valence-electron chi connectivity index (χ1n) is 8.22. The number of benzene rings is 2. The van der Waals surface area contributed by atoms with Crippen LogP contribution in [0.4, 0.5) is 0 Å². The van der Waals surface area contributed by atoms with Gasteiger partial charge in [-0.1, -0.05) is 47.5 Å². The number of ether oxygens (including phenoxy) is 1. The quantitative estimate of drug-likeness (QED) is 0.863. The molecule has 132 valence electrons. The number of hydrogen-bond acceptors (Lipinski definition) is 3. The van der Waals surface area contributed by atoms with Crippen molar-refractivity contribution in [1.82, 2.24) is 10.2 Å². The van der Waals surface area contributed by atoms with E-state index in [9.17, 15) is 4.79 Å². The maximum atomic E-state index is 12.2. The molecule has 1 N–H and O–H groups in total. The van der Waals surface area contributed by atoms with Crippen LogP contribution in [-0.2, 0) is 11.3 Å². The Hall–Kier alpha value is -1.59. The van der Waals surface area contributed by atoms with Gasteiger partial charge in [0.1, 0.15) is 0 Å². The van der Waals surface area contributed by atoms with E-state index >= 15 is 0 Å². The van der Waals surface area contributed by atoms with E-state index < -0.39 is 0 Å². The van der Waals surface area contributed by atoms with Gasteiger partial charge in [-0.2, -0.15) is 0 Å². The Labute approximate surface area is 157 Å². The molecule has 0 bridgehead atoms. The molecule has 1 saturated heterocycles. The highest BCUT2D eigenvalue weighted by Crippen LogP contribution is 2.24. The molecule has 25 heavy (non-hydrogen) atoms. The molecule has 2 aromatic rings. The Bertz CT molecular complexity index is 725. The minimum atomic E-state index is -0.0688. The summed E-state index contributed by atoms with van der Waals surface area (Å²) in [5.41, 5.74) is 1.76. The molecule has 1 heterocycles. The molecule has 0 saturated carbocycles. The Morgan fingerprint density at radius 2 is 1.96 bits per heavy atom. The zero-order valence-electron chi connectivity index (χ0n) is 13.8. The van der Waals surface area contributed by atoms with Gasteiger partial charge in [-0.3, -0.25) is 9.69 Å². The summed E-state index contributed by atoms with van der Waals surface area (Å²) in [6, 6.07) is 15.0. The van der Waals surface area contributed by atoms with E-state index in [4.69, 9.17) is 27.9 Å². The minimum absolute atomic E-state index is 0.0688. The van der Waals surface area contributed by atoms with Crippen LogP contribution in [0.25, 0.3) is 0 Å². The first-order valence-corrected chi connectivity index (χ1v) is 8.98. The highest BCUT2D eigenvalue weighted by molar-refractivity contribution is 6.42. The van der Waals surface area contributed by atoms with Gasteiger partial charge in [0.2, 0.25) is 0 Å². The lowest BCUT2D eigenvalue weighted by Crippen LogP contribution is -2.50. The number of nitrogens with zero attached hydrogens (tertiary/aromatic N) is 1. The van der Waals surface area contributed by atoms with Crippen molar-refractivity contribution in [2.24, 2.45) is 0 Å². The van der Waals surface area contributed by atoms with Gasteiger partial charge in [-0.15, -0.1) is 0 Å². The van der Waals surface area contributed by atoms with Crippen molar-refractivity contribution in [1.29, 1.82) is 0 Å². The third kappa shape index (κ3) is 4.95. The molecule has 0 spiro atoms. The molecule has 2 aromatic carbocycles. The standard InChI is InChI=1S/C19H20Cl2N2O2/c20-17-7-6-14(10-18(17)21)12-23-8-9-25-13-16(23)11-22-19(24)15-4-2-1-3-5-15/h1-7,10,16H,8-9,11-13H2,(H,22,24). The second kappa shape index (κ2) is 8.68. The third-order valence-corrected chi connectivity index (χ3v) is 4.99. The van der Waals surface area contributed by atoms with Crippen LogP contribution in [0, 0.1) is 0 Å². The average Bonchev–Trinajstić information content (AvgIpc) is 2.64. The van der Waals surface area contributed by atoms with Gasteiger partial charge in [0.15, 0.2) is 0 Å². The second-order valence-corrected chi connectivity index (χ2v) is 6.84. The molecule has 1 fully saturated rings. The number of morpholine rings is 1. The first kappa shape index (κ1) is 18.2. The van der Waals surface area contributed by atoms with E-state index in [1.54, 1.807) is 12.1 Å². The van der Waals surface area contributed by atoms with E-state index in [-0.39, 0.29) is 11.9 Å². The number of rotatable bonds is 5. The molecule has 1 atom stereocenters. The zero-order chi connectivity index (χ0) is 17.6. The van der Waals surface area contributed by atoms with Crippen LogP contribution >= 0.6 is 23.2 Å². The number of nitrogens with one attached hydrogen (secondary N) is 1. The molecule has 0 radical (unpaired) electrons. The Balaban J connectivity index is 1.60. The van der Waals surface area contributed by atoms with E-state index in [1.807, 2.05) is 36.4 Å². The molecule has 1 unspecified atom stereocenters. The lowest BCUT2D eigenvalue weighted by molar-refractivity contribution is -0.0105. The summed E-state index contributed by atoms with van der Waals surface area (Å²) < 4.78 is 5.59. The number of carbonyl (C=O) groups is 1. The normalized spacial score (nSPS) is 18.1. The maximum Gasteiger partial charge on any atom is 0.251 e. The van der Waals surface area contributed by atoms with E-state index in [0.29, 0.717) is 35.4 Å². The van der Waals surface area contributed by atoms with Crippen molar-refractivity contribution in [3.05, 3.63) is 69.7 Å². The number of carbonyl (C=O) groups excluding carboxylic acids is 1. The van der Waals surface area contributed by atoms with Crippen molar-refractivity contribution in [2.75, 3.05) is 26.3 Å². The molecule has 1 amide bonds. The number of hydrogen-bond donors (Lipinski definition) is 1. The van der Waals surface area contributed by atoms with E-state index in [0.717, 1.165) is 18.7 Å². The largest absolute Gasteiger partial charge is 0.378 e. The molecule has 6 heteroatoms. The van der Waals surface area contributed by atoms with Crippen LogP contribution in [-0.4, -0.2) is 43.2 Å². The van der Waals surface area contributed by atoms with Crippen LogP contribution in [0.3, 0.4) is 0 Å². The Morgan fingerprint density at radius 3 is 2.72 bits per heavy atom. The van der Waals surface area contributed by atoms with Gasteiger partial charge in [-0.25, -0.2) is 0 Å². The van der Waals surface area contributed by atoms with Gasteiger partial charge in [0, 0.05) is 25.2 Å². The SMILES string of the molecule is O=C(NCC1COCCN1Cc1ccc(Cl)c(Cl)c1)c1ccccc1. The lowest BCUT2D eigenvalue weighted by Gasteiger charge is -2.35. The van der Waals surface area contributed by atoms with Crippen LogP contribution < -0.4 is 5.32 Å². The van der Waals surface area contributed by atoms with Gasteiger partial charge in [-0.05, 0) is 29.8 Å². The predicted molar refractivity (Wildman–Crippen MR) is 100 cm³/mol. The summed E-state index contributed by atoms with van der Waals surface area (Å²) in [6.45, 7) is 3.37. The fourth-order valence-electron chi connectivity index (χ4n) is 2.86. The summed E-state index contributed by atoms with van der Waals surface area (Å²) in [6.07, 6.45) is 0. The summed E-state index contributed by atoms with van der Waals surface area (Å²) in [5, 5.41) is 4.11. The summed E-state index contributed by atoms with van der Waals surface area (Å²) in [7, 11) is 0. The lowest BCUT2D eigenvalue weighted by atomic mass is 10.1. The Kier molecular flexibility index (Phi) is 6.32. The topological polar surface area (TPSA) is 41.6 Å². The van der Waals surface area contributed by atoms with Crippen molar-refractivity contribution >= 4 is 29.1 Å². The third-order valence-electron chi connectivity index (χ3n) is 4.25. The molecule has 4 nitrogen and oxygen atoms in total. The molecule has 1 aliphatic rings. The minimum Gasteiger partial charge on any atom is -0.378 e. The van der Waals surface area contributed by atoms with Crippen LogP contribution in [0.1, 0.15) is 15.9 Å². The molecule has 1 aliphatic heterocycles. The maximum absolute atomic E-state index is 12.2. The molecule has 0 aromatic heterocycles. The van der Waals surface area contributed by atoms with Crippen molar-refractivity contribution in [2.45, 2.75) is 12.6 Å². The average molecular weight is 379 g/mol. The van der Waals surface area contributed by atoms with Crippen LogP contribution in [0.2, 0.25) is 10.0 Å². The number of halogens is 2. The van der Waals surface area contributed by atoms with Crippen molar-refractivity contribution < 1.29 is 9.53 Å². The fourth-order valence-corrected chi connectivity index (χ4v) is 3.18. The van der Waals surface area contributed by atoms with Crippen LogP contribution in [0.5, 0.6) is 0 Å². The van der Waals surface area contributed by atoms with E-state index in [1.165, 1.54) is 0 Å². The second-order valence-electron chi connectivity index (χ2n) is 6.02. The van der Waals surface area contributed by atoms with Gasteiger partial charge >= 0.3 is 0 Å². The number of amides is 1. The summed E-state index contributed by atoms with van der Waals surface area (Å²) >= 11 is 12.1. The highest BCUT2D eigenvalue weighted by Gasteiger charge is 2.24. The predicted octanol–water partition coefficient (Wildman–Crippen LogP) is 3.62. The summed E-state index contributed by atoms with van der Waals surface area (Å²) in [4.78, 5) is 14.5. The zero-order valence-corrected chi connectivity index (χ0v) is 15.3. The molecular weight excluding hydrogens is 359 g/mol. The van der Waals surface area contributed by atoms with Crippen LogP contribution in [0.15, 0.2) is 48.5 Å².